The zero-order chi connectivity index (χ0) is 14.0. The van der Waals surface area contributed by atoms with Crippen molar-refractivity contribution in [3.05, 3.63) is 29.8 Å². The topological polar surface area (TPSA) is 49.6 Å². The van der Waals surface area contributed by atoms with E-state index in [1.54, 1.807) is 0 Å². The predicted molar refractivity (Wildman–Crippen MR) is 78.2 cm³/mol. The SMILES string of the molecule is Cc1cccc(N2CCN(C(C)(C)CN)CC2=O)c1. The summed E-state index contributed by atoms with van der Waals surface area (Å²) in [6.45, 7) is 8.81. The molecule has 1 aromatic rings. The molecule has 1 saturated heterocycles. The summed E-state index contributed by atoms with van der Waals surface area (Å²) < 4.78 is 0. The van der Waals surface area contributed by atoms with Gasteiger partial charge in [0.1, 0.15) is 0 Å². The van der Waals surface area contributed by atoms with E-state index < -0.39 is 0 Å². The lowest BCUT2D eigenvalue weighted by Crippen LogP contribution is -2.59. The Balaban J connectivity index is 2.12. The maximum atomic E-state index is 12.3. The number of anilines is 1. The number of piperazine rings is 1. The Morgan fingerprint density at radius 1 is 1.32 bits per heavy atom. The molecule has 104 valence electrons. The molecule has 2 rings (SSSR count). The molecule has 0 saturated carbocycles. The van der Waals surface area contributed by atoms with Crippen LogP contribution in [-0.2, 0) is 4.79 Å². The Labute approximate surface area is 115 Å². The lowest BCUT2D eigenvalue weighted by molar-refractivity contribution is -0.123. The number of carbonyl (C=O) groups excluding carboxylic acids is 1. The summed E-state index contributed by atoms with van der Waals surface area (Å²) in [5, 5.41) is 0. The molecular formula is C15H23N3O. The maximum Gasteiger partial charge on any atom is 0.241 e. The van der Waals surface area contributed by atoms with Gasteiger partial charge in [-0.3, -0.25) is 9.69 Å². The van der Waals surface area contributed by atoms with Crippen molar-refractivity contribution in [1.82, 2.24) is 4.90 Å². The summed E-state index contributed by atoms with van der Waals surface area (Å²) in [5.41, 5.74) is 7.84. The number of rotatable bonds is 3. The van der Waals surface area contributed by atoms with Crippen LogP contribution in [0.4, 0.5) is 5.69 Å². The van der Waals surface area contributed by atoms with E-state index >= 15 is 0 Å². The molecule has 0 aliphatic carbocycles. The van der Waals surface area contributed by atoms with E-state index in [0.717, 1.165) is 18.8 Å². The highest BCUT2D eigenvalue weighted by Crippen LogP contribution is 2.22. The minimum Gasteiger partial charge on any atom is -0.329 e. The number of aryl methyl sites for hydroxylation is 1. The Morgan fingerprint density at radius 2 is 2.05 bits per heavy atom. The normalized spacial score (nSPS) is 17.9. The maximum absolute atomic E-state index is 12.3. The summed E-state index contributed by atoms with van der Waals surface area (Å²) in [6, 6.07) is 8.09. The molecule has 1 aromatic carbocycles. The number of carbonyl (C=O) groups is 1. The summed E-state index contributed by atoms with van der Waals surface area (Å²) in [7, 11) is 0. The van der Waals surface area contributed by atoms with Crippen molar-refractivity contribution in [2.45, 2.75) is 26.3 Å². The Kier molecular flexibility index (Phi) is 3.92. The van der Waals surface area contributed by atoms with E-state index in [9.17, 15) is 4.79 Å². The van der Waals surface area contributed by atoms with Crippen molar-refractivity contribution in [2.75, 3.05) is 31.1 Å². The first-order valence-corrected chi connectivity index (χ1v) is 6.76. The molecule has 4 nitrogen and oxygen atoms in total. The van der Waals surface area contributed by atoms with Gasteiger partial charge in [0.25, 0.3) is 0 Å². The van der Waals surface area contributed by atoms with Crippen LogP contribution in [0.5, 0.6) is 0 Å². The number of nitrogens with two attached hydrogens (primary N) is 1. The van der Waals surface area contributed by atoms with Crippen LogP contribution in [0.2, 0.25) is 0 Å². The lowest BCUT2D eigenvalue weighted by Gasteiger charge is -2.43. The molecule has 0 bridgehead atoms. The number of nitrogens with zero attached hydrogens (tertiary/aromatic N) is 2. The van der Waals surface area contributed by atoms with E-state index in [4.69, 9.17) is 5.73 Å². The number of amides is 1. The molecule has 0 spiro atoms. The van der Waals surface area contributed by atoms with Crippen LogP contribution in [0.3, 0.4) is 0 Å². The molecule has 1 amide bonds. The van der Waals surface area contributed by atoms with Crippen LogP contribution in [0.1, 0.15) is 19.4 Å². The summed E-state index contributed by atoms with van der Waals surface area (Å²) >= 11 is 0. The Hall–Kier alpha value is -1.39. The monoisotopic (exact) mass is 261 g/mol. The van der Waals surface area contributed by atoms with Gasteiger partial charge in [-0.25, -0.2) is 0 Å². The van der Waals surface area contributed by atoms with Crippen LogP contribution in [0.25, 0.3) is 0 Å². The number of hydrogen-bond donors (Lipinski definition) is 1. The molecule has 19 heavy (non-hydrogen) atoms. The highest BCUT2D eigenvalue weighted by atomic mass is 16.2. The van der Waals surface area contributed by atoms with Gasteiger partial charge in [-0.2, -0.15) is 0 Å². The third kappa shape index (κ3) is 2.96. The quantitative estimate of drug-likeness (QED) is 0.894. The zero-order valence-electron chi connectivity index (χ0n) is 12.0. The Bertz CT molecular complexity index is 470. The van der Waals surface area contributed by atoms with E-state index in [2.05, 4.69) is 24.8 Å². The molecule has 1 aliphatic rings. The molecule has 1 fully saturated rings. The molecule has 0 atom stereocenters. The van der Waals surface area contributed by atoms with E-state index in [1.807, 2.05) is 30.0 Å². The summed E-state index contributed by atoms with van der Waals surface area (Å²) in [5.74, 6) is 0.151. The minimum absolute atomic E-state index is 0.117. The molecule has 1 aliphatic heterocycles. The molecule has 1 heterocycles. The minimum atomic E-state index is -0.117. The van der Waals surface area contributed by atoms with Crippen molar-refractivity contribution in [3.63, 3.8) is 0 Å². The Morgan fingerprint density at radius 3 is 2.63 bits per heavy atom. The second kappa shape index (κ2) is 5.31. The van der Waals surface area contributed by atoms with Crippen LogP contribution < -0.4 is 10.6 Å². The second-order valence-electron chi connectivity index (χ2n) is 5.82. The highest BCUT2D eigenvalue weighted by Gasteiger charge is 2.33. The fourth-order valence-electron chi connectivity index (χ4n) is 2.39. The van der Waals surface area contributed by atoms with Gasteiger partial charge in [0, 0.05) is 30.9 Å². The second-order valence-corrected chi connectivity index (χ2v) is 5.82. The van der Waals surface area contributed by atoms with Crippen molar-refractivity contribution in [2.24, 2.45) is 5.73 Å². The molecule has 2 N–H and O–H groups in total. The highest BCUT2D eigenvalue weighted by molar-refractivity contribution is 5.95. The van der Waals surface area contributed by atoms with Gasteiger partial charge >= 0.3 is 0 Å². The standard InChI is InChI=1S/C15H23N3O/c1-12-5-4-6-13(9-12)18-8-7-17(10-14(18)19)15(2,3)11-16/h4-6,9H,7-8,10-11,16H2,1-3H3. The molecule has 0 radical (unpaired) electrons. The summed E-state index contributed by atoms with van der Waals surface area (Å²) in [4.78, 5) is 16.4. The molecule has 0 unspecified atom stereocenters. The van der Waals surface area contributed by atoms with Gasteiger partial charge in [-0.05, 0) is 38.5 Å². The molecule has 4 heteroatoms. The first-order valence-electron chi connectivity index (χ1n) is 6.76. The fraction of sp³-hybridized carbons (Fsp3) is 0.533. The van der Waals surface area contributed by atoms with Crippen molar-refractivity contribution >= 4 is 11.6 Å². The first kappa shape index (κ1) is 14.0. The lowest BCUT2D eigenvalue weighted by atomic mass is 10.0. The van der Waals surface area contributed by atoms with Crippen LogP contribution in [-0.4, -0.2) is 42.5 Å². The number of hydrogen-bond acceptors (Lipinski definition) is 3. The molecular weight excluding hydrogens is 238 g/mol. The van der Waals surface area contributed by atoms with E-state index in [1.165, 1.54) is 5.56 Å². The molecule has 0 aromatic heterocycles. The summed E-state index contributed by atoms with van der Waals surface area (Å²) in [6.07, 6.45) is 0. The van der Waals surface area contributed by atoms with Gasteiger partial charge in [-0.1, -0.05) is 12.1 Å². The number of benzene rings is 1. The third-order valence-corrected chi connectivity index (χ3v) is 3.89. The van der Waals surface area contributed by atoms with E-state index in [-0.39, 0.29) is 11.4 Å². The zero-order valence-corrected chi connectivity index (χ0v) is 12.0. The van der Waals surface area contributed by atoms with Gasteiger partial charge in [0.2, 0.25) is 5.91 Å². The van der Waals surface area contributed by atoms with Gasteiger partial charge in [-0.15, -0.1) is 0 Å². The third-order valence-electron chi connectivity index (χ3n) is 3.89. The average Bonchev–Trinajstić information content (AvgIpc) is 2.38. The predicted octanol–water partition coefficient (Wildman–Crippen LogP) is 1.38. The largest absolute Gasteiger partial charge is 0.329 e. The van der Waals surface area contributed by atoms with Crippen LogP contribution in [0, 0.1) is 6.92 Å². The smallest absolute Gasteiger partial charge is 0.241 e. The van der Waals surface area contributed by atoms with E-state index in [0.29, 0.717) is 13.1 Å². The van der Waals surface area contributed by atoms with Gasteiger partial charge < -0.3 is 10.6 Å². The van der Waals surface area contributed by atoms with Gasteiger partial charge in [0.05, 0.1) is 6.54 Å². The van der Waals surface area contributed by atoms with Crippen molar-refractivity contribution < 1.29 is 4.79 Å². The van der Waals surface area contributed by atoms with Crippen molar-refractivity contribution in [1.29, 1.82) is 0 Å². The fourth-order valence-corrected chi connectivity index (χ4v) is 2.39. The van der Waals surface area contributed by atoms with Crippen LogP contribution in [0.15, 0.2) is 24.3 Å². The average molecular weight is 261 g/mol. The van der Waals surface area contributed by atoms with Crippen LogP contribution >= 0.6 is 0 Å². The van der Waals surface area contributed by atoms with Crippen molar-refractivity contribution in [3.8, 4) is 0 Å². The first-order chi connectivity index (χ1) is 8.94. The van der Waals surface area contributed by atoms with Gasteiger partial charge in [0.15, 0.2) is 0 Å².